The molecule has 0 saturated heterocycles. The molecule has 0 unspecified atom stereocenters. The molecule has 0 aromatic carbocycles. The van der Waals surface area contributed by atoms with Crippen molar-refractivity contribution in [2.75, 3.05) is 0 Å². The van der Waals surface area contributed by atoms with Crippen LogP contribution in [0.4, 0.5) is 13.2 Å². The van der Waals surface area contributed by atoms with Crippen molar-refractivity contribution in [3.05, 3.63) is 41.5 Å². The van der Waals surface area contributed by atoms with Crippen LogP contribution in [0.25, 0.3) is 0 Å². The highest BCUT2D eigenvalue weighted by atomic mass is 32.2. The molecule has 3 aliphatic rings. The molecule has 1 N–H and O–H groups in total. The fraction of sp³-hybridized carbons (Fsp3) is 0.556. The summed E-state index contributed by atoms with van der Waals surface area (Å²) in [4.78, 5) is 3.18. The number of rotatable bonds is 4. The number of H-pyrrole nitrogens is 1. The predicted octanol–water partition coefficient (Wildman–Crippen LogP) is 3.30. The average Bonchev–Trinajstić information content (AvgIpc) is 3.57. The molecule has 150 valence electrons. The van der Waals surface area contributed by atoms with E-state index in [0.717, 1.165) is 55.3 Å². The number of sulfonamides is 1. The van der Waals surface area contributed by atoms with Gasteiger partial charge in [0.2, 0.25) is 10.0 Å². The Bertz CT molecular complexity index is 995. The van der Waals surface area contributed by atoms with Gasteiger partial charge in [-0.2, -0.15) is 22.6 Å². The number of halogens is 3. The molecular weight excluding hydrogens is 393 g/mol. The Kier molecular flexibility index (Phi) is 3.90. The average molecular weight is 412 g/mol. The van der Waals surface area contributed by atoms with E-state index in [4.69, 9.17) is 0 Å². The summed E-state index contributed by atoms with van der Waals surface area (Å²) in [6.45, 7) is 0. The van der Waals surface area contributed by atoms with Crippen molar-refractivity contribution in [2.24, 2.45) is 11.8 Å². The first-order valence-corrected chi connectivity index (χ1v) is 10.8. The van der Waals surface area contributed by atoms with E-state index in [2.05, 4.69) is 15.2 Å². The molecule has 10 heteroatoms. The lowest BCUT2D eigenvalue weighted by molar-refractivity contribution is -0.141. The lowest BCUT2D eigenvalue weighted by Crippen LogP contribution is -2.49. The lowest BCUT2D eigenvalue weighted by atomic mass is 9.91. The number of hydrogen-bond donors (Lipinski definition) is 1. The Morgan fingerprint density at radius 1 is 1.07 bits per heavy atom. The van der Waals surface area contributed by atoms with Gasteiger partial charge >= 0.3 is 6.18 Å². The van der Waals surface area contributed by atoms with Gasteiger partial charge in [0.25, 0.3) is 0 Å². The second-order valence-electron chi connectivity index (χ2n) is 7.91. The molecule has 2 atom stereocenters. The maximum atomic E-state index is 13.5. The second-order valence-corrected chi connectivity index (χ2v) is 9.75. The van der Waals surface area contributed by atoms with Gasteiger partial charge in [-0.3, -0.25) is 10.1 Å². The van der Waals surface area contributed by atoms with Crippen molar-refractivity contribution in [2.45, 2.75) is 55.3 Å². The van der Waals surface area contributed by atoms with E-state index in [1.165, 1.54) is 0 Å². The number of nitrogens with zero attached hydrogens (tertiary/aromatic N) is 3. The van der Waals surface area contributed by atoms with Crippen molar-refractivity contribution in [3.63, 3.8) is 0 Å². The topological polar surface area (TPSA) is 79.0 Å². The van der Waals surface area contributed by atoms with Crippen LogP contribution in [0, 0.1) is 11.8 Å². The third-order valence-corrected chi connectivity index (χ3v) is 7.81. The van der Waals surface area contributed by atoms with Crippen LogP contribution in [0.5, 0.6) is 0 Å². The number of aromatic nitrogens is 3. The Balaban J connectivity index is 1.58. The molecule has 0 bridgehead atoms. The first kappa shape index (κ1) is 18.1. The Labute approximate surface area is 160 Å². The monoisotopic (exact) mass is 412 g/mol. The minimum atomic E-state index is -4.60. The van der Waals surface area contributed by atoms with Gasteiger partial charge in [0.15, 0.2) is 0 Å². The molecule has 6 nitrogen and oxygen atoms in total. The van der Waals surface area contributed by atoms with E-state index >= 15 is 0 Å². The smallest absolute Gasteiger partial charge is 0.282 e. The number of aromatic amines is 1. The van der Waals surface area contributed by atoms with Crippen molar-refractivity contribution in [1.29, 1.82) is 0 Å². The van der Waals surface area contributed by atoms with E-state index in [0.29, 0.717) is 6.42 Å². The summed E-state index contributed by atoms with van der Waals surface area (Å²) in [6, 6.07) is 1.23. The summed E-state index contributed by atoms with van der Waals surface area (Å²) in [5, 5.41) is 7.13. The van der Waals surface area contributed by atoms with Crippen LogP contribution >= 0.6 is 0 Å². The molecule has 2 saturated carbocycles. The fourth-order valence-electron chi connectivity index (χ4n) is 4.26. The molecule has 2 aliphatic carbocycles. The van der Waals surface area contributed by atoms with Crippen molar-refractivity contribution in [3.8, 4) is 0 Å². The van der Waals surface area contributed by atoms with Crippen LogP contribution in [0.15, 0.2) is 29.4 Å². The zero-order valence-electron chi connectivity index (χ0n) is 14.9. The van der Waals surface area contributed by atoms with Gasteiger partial charge in [0, 0.05) is 29.9 Å². The van der Waals surface area contributed by atoms with Crippen molar-refractivity contribution >= 4 is 10.0 Å². The van der Waals surface area contributed by atoms with Gasteiger partial charge in [0.1, 0.15) is 10.6 Å². The Morgan fingerprint density at radius 2 is 1.79 bits per heavy atom. The summed E-state index contributed by atoms with van der Waals surface area (Å²) in [5.41, 5.74) is 0.772. The molecule has 5 rings (SSSR count). The summed E-state index contributed by atoms with van der Waals surface area (Å²) in [5.74, 6) is 0.491. The molecule has 0 radical (unpaired) electrons. The van der Waals surface area contributed by atoms with Crippen LogP contribution in [0.2, 0.25) is 0 Å². The number of hydrogen-bond acceptors (Lipinski definition) is 4. The SMILES string of the molecule is O=S(=O)(c1ccc(C(F)(F)F)nc1)N1[C@@H](C2CC2)Cc2[nH]ncc2[C@H]1C1CC1. The summed E-state index contributed by atoms with van der Waals surface area (Å²) < 4.78 is 67.1. The molecule has 0 spiro atoms. The van der Waals surface area contributed by atoms with Crippen molar-refractivity contribution < 1.29 is 21.6 Å². The van der Waals surface area contributed by atoms with Gasteiger partial charge < -0.3 is 0 Å². The molecule has 2 fully saturated rings. The predicted molar refractivity (Wildman–Crippen MR) is 92.5 cm³/mol. The van der Waals surface area contributed by atoms with Crippen molar-refractivity contribution in [1.82, 2.24) is 19.5 Å². The fourth-order valence-corrected chi connectivity index (χ4v) is 6.12. The second kappa shape index (κ2) is 6.03. The molecule has 0 amide bonds. The number of pyridine rings is 1. The third kappa shape index (κ3) is 2.93. The summed E-state index contributed by atoms with van der Waals surface area (Å²) in [6.07, 6.45) is 2.26. The highest BCUT2D eigenvalue weighted by Crippen LogP contribution is 2.53. The number of alkyl halides is 3. The highest BCUT2D eigenvalue weighted by molar-refractivity contribution is 7.89. The quantitative estimate of drug-likeness (QED) is 0.836. The largest absolute Gasteiger partial charge is 0.433 e. The molecule has 2 aromatic rings. The zero-order chi connectivity index (χ0) is 19.7. The van der Waals surface area contributed by atoms with Gasteiger partial charge in [-0.1, -0.05) is 0 Å². The lowest BCUT2D eigenvalue weighted by Gasteiger charge is -2.41. The zero-order valence-corrected chi connectivity index (χ0v) is 15.7. The van der Waals surface area contributed by atoms with E-state index in [9.17, 15) is 21.6 Å². The minimum Gasteiger partial charge on any atom is -0.282 e. The highest BCUT2D eigenvalue weighted by Gasteiger charge is 2.52. The third-order valence-electron chi connectivity index (χ3n) is 5.92. The van der Waals surface area contributed by atoms with E-state index in [1.807, 2.05) is 0 Å². The molecule has 28 heavy (non-hydrogen) atoms. The van der Waals surface area contributed by atoms with Gasteiger partial charge in [-0.05, 0) is 49.7 Å². The maximum Gasteiger partial charge on any atom is 0.433 e. The van der Waals surface area contributed by atoms with E-state index in [1.54, 1.807) is 10.5 Å². The minimum absolute atomic E-state index is 0.191. The van der Waals surface area contributed by atoms with Crippen LogP contribution in [-0.2, 0) is 22.6 Å². The van der Waals surface area contributed by atoms with E-state index in [-0.39, 0.29) is 28.8 Å². The number of fused-ring (bicyclic) bond motifs is 1. The molecule has 2 aromatic heterocycles. The maximum absolute atomic E-state index is 13.5. The van der Waals surface area contributed by atoms with Crippen LogP contribution in [0.1, 0.15) is 48.7 Å². The normalized spacial score (nSPS) is 26.2. The van der Waals surface area contributed by atoms with E-state index < -0.39 is 21.9 Å². The number of nitrogens with one attached hydrogen (secondary N) is 1. The Hall–Kier alpha value is -1.94. The molecule has 1 aliphatic heterocycles. The standard InChI is InChI=1S/C18H19F3N4O2S/c19-18(20,21)16-6-5-12(8-22-16)28(26,27)25-15(10-1-2-10)7-14-13(9-23-24-14)17(25)11-3-4-11/h5-6,8-11,15,17H,1-4,7H2,(H,23,24)/t15-,17-/m1/s1. The van der Waals surface area contributed by atoms with Gasteiger partial charge in [-0.15, -0.1) is 0 Å². The molecular formula is C18H19F3N4O2S. The Morgan fingerprint density at radius 3 is 2.36 bits per heavy atom. The van der Waals surface area contributed by atoms with Crippen LogP contribution in [-0.4, -0.2) is 33.9 Å². The van der Waals surface area contributed by atoms with Gasteiger partial charge in [0.05, 0.1) is 12.2 Å². The van der Waals surface area contributed by atoms with Crippen LogP contribution < -0.4 is 0 Å². The first-order valence-electron chi connectivity index (χ1n) is 9.36. The summed E-state index contributed by atoms with van der Waals surface area (Å²) >= 11 is 0. The summed E-state index contributed by atoms with van der Waals surface area (Å²) in [7, 11) is -3.99. The molecule has 3 heterocycles. The van der Waals surface area contributed by atoms with Gasteiger partial charge in [-0.25, -0.2) is 8.42 Å². The first-order chi connectivity index (χ1) is 13.3. The van der Waals surface area contributed by atoms with Crippen LogP contribution in [0.3, 0.4) is 0 Å².